The first-order chi connectivity index (χ1) is 8.58. The number of carbonyl (C=O) groups is 1. The first kappa shape index (κ1) is 14.6. The van der Waals surface area contributed by atoms with Crippen LogP contribution in [0.4, 0.5) is 4.39 Å². The number of nitrogens with two attached hydrogens (primary N) is 1. The van der Waals surface area contributed by atoms with E-state index in [1.54, 1.807) is 20.1 Å². The summed E-state index contributed by atoms with van der Waals surface area (Å²) in [4.78, 5) is 12.0. The molecular formula is C13H19FN2O2. The Hall–Kier alpha value is -1.46. The van der Waals surface area contributed by atoms with Crippen LogP contribution in [-0.2, 0) is 4.74 Å². The molecule has 1 aromatic carbocycles. The van der Waals surface area contributed by atoms with Gasteiger partial charge in [0, 0.05) is 12.7 Å². The zero-order chi connectivity index (χ0) is 13.5. The van der Waals surface area contributed by atoms with Gasteiger partial charge in [0.1, 0.15) is 5.82 Å². The van der Waals surface area contributed by atoms with Crippen LogP contribution in [0, 0.1) is 12.7 Å². The average Bonchev–Trinajstić information content (AvgIpc) is 2.33. The third-order valence-corrected chi connectivity index (χ3v) is 2.66. The summed E-state index contributed by atoms with van der Waals surface area (Å²) in [5, 5.41) is 2.79. The molecule has 0 heterocycles. The quantitative estimate of drug-likeness (QED) is 0.802. The number of nitrogens with one attached hydrogen (secondary N) is 1. The number of ether oxygens (including phenoxy) is 1. The SMILES string of the molecule is COCC(CCN)NC(=O)c1cc(F)ccc1C. The van der Waals surface area contributed by atoms with E-state index in [-0.39, 0.29) is 11.9 Å². The lowest BCUT2D eigenvalue weighted by Crippen LogP contribution is -2.39. The van der Waals surface area contributed by atoms with Crippen LogP contribution in [0.1, 0.15) is 22.3 Å². The number of halogens is 1. The number of carbonyl (C=O) groups excluding carboxylic acids is 1. The maximum Gasteiger partial charge on any atom is 0.251 e. The zero-order valence-electron chi connectivity index (χ0n) is 10.7. The van der Waals surface area contributed by atoms with Gasteiger partial charge < -0.3 is 15.8 Å². The van der Waals surface area contributed by atoms with Gasteiger partial charge in [-0.15, -0.1) is 0 Å². The van der Waals surface area contributed by atoms with Crippen LogP contribution in [0.25, 0.3) is 0 Å². The first-order valence-corrected chi connectivity index (χ1v) is 5.84. The number of rotatable bonds is 6. The predicted molar refractivity (Wildman–Crippen MR) is 67.9 cm³/mol. The fraction of sp³-hybridized carbons (Fsp3) is 0.462. The maximum absolute atomic E-state index is 13.1. The lowest BCUT2D eigenvalue weighted by atomic mass is 10.1. The largest absolute Gasteiger partial charge is 0.383 e. The van der Waals surface area contributed by atoms with Crippen molar-refractivity contribution in [3.63, 3.8) is 0 Å². The maximum atomic E-state index is 13.1. The topological polar surface area (TPSA) is 64.3 Å². The van der Waals surface area contributed by atoms with E-state index in [4.69, 9.17) is 10.5 Å². The van der Waals surface area contributed by atoms with Gasteiger partial charge in [0.25, 0.3) is 5.91 Å². The summed E-state index contributed by atoms with van der Waals surface area (Å²) in [5.74, 6) is -0.727. The second-order valence-corrected chi connectivity index (χ2v) is 4.16. The highest BCUT2D eigenvalue weighted by molar-refractivity contribution is 5.95. The number of aryl methyl sites for hydroxylation is 1. The molecule has 0 fully saturated rings. The Morgan fingerprint density at radius 1 is 1.56 bits per heavy atom. The van der Waals surface area contributed by atoms with Crippen molar-refractivity contribution in [2.75, 3.05) is 20.3 Å². The van der Waals surface area contributed by atoms with E-state index in [0.717, 1.165) is 5.56 Å². The Bertz CT molecular complexity index is 404. The third-order valence-electron chi connectivity index (χ3n) is 2.66. The molecular weight excluding hydrogens is 235 g/mol. The molecule has 1 aromatic rings. The lowest BCUT2D eigenvalue weighted by Gasteiger charge is -2.17. The monoisotopic (exact) mass is 254 g/mol. The second kappa shape index (κ2) is 7.08. The van der Waals surface area contributed by atoms with Crippen molar-refractivity contribution >= 4 is 5.91 Å². The molecule has 1 amide bonds. The van der Waals surface area contributed by atoms with E-state index in [0.29, 0.717) is 25.1 Å². The lowest BCUT2D eigenvalue weighted by molar-refractivity contribution is 0.0892. The summed E-state index contributed by atoms with van der Waals surface area (Å²) >= 11 is 0. The Morgan fingerprint density at radius 2 is 2.28 bits per heavy atom. The van der Waals surface area contributed by atoms with Crippen molar-refractivity contribution < 1.29 is 13.9 Å². The van der Waals surface area contributed by atoms with Crippen LogP contribution >= 0.6 is 0 Å². The number of benzene rings is 1. The molecule has 0 aromatic heterocycles. The van der Waals surface area contributed by atoms with Crippen LogP contribution < -0.4 is 11.1 Å². The van der Waals surface area contributed by atoms with Crippen molar-refractivity contribution in [2.45, 2.75) is 19.4 Å². The summed E-state index contributed by atoms with van der Waals surface area (Å²) < 4.78 is 18.1. The minimum absolute atomic E-state index is 0.157. The molecule has 3 N–H and O–H groups in total. The van der Waals surface area contributed by atoms with Crippen LogP contribution in [0.5, 0.6) is 0 Å². The third kappa shape index (κ3) is 4.09. The molecule has 0 bridgehead atoms. The van der Waals surface area contributed by atoms with Crippen LogP contribution in [0.2, 0.25) is 0 Å². The first-order valence-electron chi connectivity index (χ1n) is 5.84. The number of hydrogen-bond donors (Lipinski definition) is 2. The molecule has 0 radical (unpaired) electrons. The highest BCUT2D eigenvalue weighted by atomic mass is 19.1. The smallest absolute Gasteiger partial charge is 0.251 e. The standard InChI is InChI=1S/C13H19FN2O2/c1-9-3-4-10(14)7-12(9)13(17)16-11(5-6-15)8-18-2/h3-4,7,11H,5-6,8,15H2,1-2H3,(H,16,17). The molecule has 1 atom stereocenters. The van der Waals surface area contributed by atoms with Gasteiger partial charge in [0.05, 0.1) is 12.6 Å². The fourth-order valence-electron chi connectivity index (χ4n) is 1.70. The van der Waals surface area contributed by atoms with Crippen LogP contribution in [0.15, 0.2) is 18.2 Å². The average molecular weight is 254 g/mol. The summed E-state index contributed by atoms with van der Waals surface area (Å²) in [6, 6.07) is 3.99. The minimum atomic E-state index is -0.423. The Balaban J connectivity index is 2.76. The van der Waals surface area contributed by atoms with Gasteiger partial charge in [-0.05, 0) is 37.6 Å². The number of amides is 1. The normalized spacial score (nSPS) is 12.2. The molecule has 1 rings (SSSR count). The number of methoxy groups -OCH3 is 1. The summed E-state index contributed by atoms with van der Waals surface area (Å²) in [6.45, 7) is 2.61. The second-order valence-electron chi connectivity index (χ2n) is 4.16. The van der Waals surface area contributed by atoms with Gasteiger partial charge in [-0.3, -0.25) is 4.79 Å². The molecule has 0 aliphatic carbocycles. The molecule has 1 unspecified atom stereocenters. The van der Waals surface area contributed by atoms with E-state index >= 15 is 0 Å². The van der Waals surface area contributed by atoms with Crippen molar-refractivity contribution in [3.05, 3.63) is 35.1 Å². The van der Waals surface area contributed by atoms with Crippen LogP contribution in [0.3, 0.4) is 0 Å². The predicted octanol–water partition coefficient (Wildman–Crippen LogP) is 1.23. The Labute approximate surface area is 106 Å². The molecule has 100 valence electrons. The van der Waals surface area contributed by atoms with Gasteiger partial charge in [-0.2, -0.15) is 0 Å². The van der Waals surface area contributed by atoms with Crippen LogP contribution in [-0.4, -0.2) is 32.2 Å². The highest BCUT2D eigenvalue weighted by Gasteiger charge is 2.15. The molecule has 0 saturated carbocycles. The summed E-state index contributed by atoms with van der Waals surface area (Å²) in [6.07, 6.45) is 0.619. The molecule has 0 saturated heterocycles. The van der Waals surface area contributed by atoms with Gasteiger partial charge in [0.2, 0.25) is 0 Å². The van der Waals surface area contributed by atoms with Gasteiger partial charge >= 0.3 is 0 Å². The molecule has 0 aliphatic heterocycles. The van der Waals surface area contributed by atoms with E-state index in [9.17, 15) is 9.18 Å². The fourth-order valence-corrected chi connectivity index (χ4v) is 1.70. The summed E-state index contributed by atoms with van der Waals surface area (Å²) in [5.41, 5.74) is 6.54. The van der Waals surface area contributed by atoms with Gasteiger partial charge in [0.15, 0.2) is 0 Å². The molecule has 18 heavy (non-hydrogen) atoms. The van der Waals surface area contributed by atoms with E-state index < -0.39 is 5.82 Å². The van der Waals surface area contributed by atoms with Crippen molar-refractivity contribution in [3.8, 4) is 0 Å². The molecule has 0 spiro atoms. The Morgan fingerprint density at radius 3 is 2.89 bits per heavy atom. The van der Waals surface area contributed by atoms with E-state index in [1.165, 1.54) is 12.1 Å². The van der Waals surface area contributed by atoms with Crippen molar-refractivity contribution in [1.82, 2.24) is 5.32 Å². The minimum Gasteiger partial charge on any atom is -0.383 e. The number of hydrogen-bond acceptors (Lipinski definition) is 3. The van der Waals surface area contributed by atoms with Gasteiger partial charge in [-0.1, -0.05) is 6.07 Å². The highest BCUT2D eigenvalue weighted by Crippen LogP contribution is 2.10. The molecule has 5 heteroatoms. The Kier molecular flexibility index (Phi) is 5.74. The van der Waals surface area contributed by atoms with E-state index in [1.807, 2.05) is 0 Å². The van der Waals surface area contributed by atoms with Gasteiger partial charge in [-0.25, -0.2) is 4.39 Å². The zero-order valence-corrected chi connectivity index (χ0v) is 10.7. The molecule has 0 aliphatic rings. The molecule has 4 nitrogen and oxygen atoms in total. The van der Waals surface area contributed by atoms with Crippen molar-refractivity contribution in [2.24, 2.45) is 5.73 Å². The van der Waals surface area contributed by atoms with E-state index in [2.05, 4.69) is 5.32 Å². The summed E-state index contributed by atoms with van der Waals surface area (Å²) in [7, 11) is 1.56. The van der Waals surface area contributed by atoms with Crippen molar-refractivity contribution in [1.29, 1.82) is 0 Å².